The Morgan fingerprint density at radius 3 is 2.40 bits per heavy atom. The lowest BCUT2D eigenvalue weighted by Gasteiger charge is -2.22. The van der Waals surface area contributed by atoms with E-state index < -0.39 is 11.6 Å². The number of fused-ring (bicyclic) bond motifs is 1. The molecule has 20 heavy (non-hydrogen) atoms. The zero-order chi connectivity index (χ0) is 14.1. The topological polar surface area (TPSA) is 43.8 Å². The third kappa shape index (κ3) is 2.37. The highest BCUT2D eigenvalue weighted by Crippen LogP contribution is 2.33. The van der Waals surface area contributed by atoms with Crippen molar-refractivity contribution in [3.8, 4) is 0 Å². The molecule has 5 heteroatoms. The van der Waals surface area contributed by atoms with Crippen molar-refractivity contribution in [3.05, 3.63) is 23.8 Å². The lowest BCUT2D eigenvalue weighted by Crippen LogP contribution is -2.13. The number of benzene rings is 1. The summed E-state index contributed by atoms with van der Waals surface area (Å²) in [6.07, 6.45) is 7.94. The Morgan fingerprint density at radius 1 is 1.05 bits per heavy atom. The summed E-state index contributed by atoms with van der Waals surface area (Å²) in [5.41, 5.74) is 6.61. The van der Waals surface area contributed by atoms with E-state index in [-0.39, 0.29) is 17.5 Å². The molecule has 1 aliphatic carbocycles. The van der Waals surface area contributed by atoms with Gasteiger partial charge in [0.2, 0.25) is 5.95 Å². The van der Waals surface area contributed by atoms with Crippen LogP contribution in [0.5, 0.6) is 0 Å². The SMILES string of the molecule is Nc1nc2c(F)cc(F)cc2n1C1CCCCCCC1. The zero-order valence-corrected chi connectivity index (χ0v) is 11.4. The van der Waals surface area contributed by atoms with Crippen molar-refractivity contribution in [1.82, 2.24) is 9.55 Å². The van der Waals surface area contributed by atoms with Crippen molar-refractivity contribution in [2.24, 2.45) is 0 Å². The van der Waals surface area contributed by atoms with E-state index in [2.05, 4.69) is 4.98 Å². The van der Waals surface area contributed by atoms with Gasteiger partial charge in [-0.25, -0.2) is 13.8 Å². The van der Waals surface area contributed by atoms with Crippen molar-refractivity contribution >= 4 is 17.0 Å². The lowest BCUT2D eigenvalue weighted by atomic mass is 9.96. The average Bonchev–Trinajstić information content (AvgIpc) is 2.67. The van der Waals surface area contributed by atoms with Gasteiger partial charge in [0, 0.05) is 18.2 Å². The average molecular weight is 279 g/mol. The number of imidazole rings is 1. The first-order valence-corrected chi connectivity index (χ1v) is 7.29. The molecule has 0 amide bonds. The van der Waals surface area contributed by atoms with E-state index >= 15 is 0 Å². The third-order valence-corrected chi connectivity index (χ3v) is 4.18. The maximum Gasteiger partial charge on any atom is 0.201 e. The molecule has 0 spiro atoms. The number of nitrogens with zero attached hydrogens (tertiary/aromatic N) is 2. The molecule has 2 aromatic rings. The van der Waals surface area contributed by atoms with Crippen molar-refractivity contribution in [2.45, 2.75) is 51.0 Å². The van der Waals surface area contributed by atoms with Gasteiger partial charge in [0.15, 0.2) is 5.82 Å². The predicted molar refractivity (Wildman–Crippen MR) is 75.4 cm³/mol. The van der Waals surface area contributed by atoms with Gasteiger partial charge >= 0.3 is 0 Å². The number of rotatable bonds is 1. The Balaban J connectivity index is 2.07. The summed E-state index contributed by atoms with van der Waals surface area (Å²) in [5.74, 6) is -0.937. The van der Waals surface area contributed by atoms with Crippen LogP contribution in [0, 0.1) is 11.6 Å². The number of aromatic nitrogens is 2. The van der Waals surface area contributed by atoms with Crippen molar-refractivity contribution < 1.29 is 8.78 Å². The van der Waals surface area contributed by atoms with Gasteiger partial charge in [0.05, 0.1) is 5.52 Å². The Morgan fingerprint density at radius 2 is 1.70 bits per heavy atom. The number of halogens is 2. The molecule has 0 bridgehead atoms. The van der Waals surface area contributed by atoms with Crippen LogP contribution in [0.25, 0.3) is 11.0 Å². The summed E-state index contributed by atoms with van der Waals surface area (Å²) in [5, 5.41) is 0. The van der Waals surface area contributed by atoms with Crippen LogP contribution in [0.15, 0.2) is 12.1 Å². The first-order chi connectivity index (χ1) is 9.66. The molecule has 1 aliphatic rings. The number of nitrogen functional groups attached to an aromatic ring is 1. The summed E-state index contributed by atoms with van der Waals surface area (Å²) in [4.78, 5) is 4.08. The molecule has 108 valence electrons. The van der Waals surface area contributed by atoms with Crippen LogP contribution in [0.3, 0.4) is 0 Å². The van der Waals surface area contributed by atoms with Gasteiger partial charge in [-0.05, 0) is 12.8 Å². The summed E-state index contributed by atoms with van der Waals surface area (Å²) >= 11 is 0. The maximum absolute atomic E-state index is 13.8. The fourth-order valence-corrected chi connectivity index (χ4v) is 3.22. The smallest absolute Gasteiger partial charge is 0.201 e. The minimum atomic E-state index is -0.642. The predicted octanol–water partition coefficient (Wildman–Crippen LogP) is 4.18. The van der Waals surface area contributed by atoms with Gasteiger partial charge in [-0.2, -0.15) is 0 Å². The van der Waals surface area contributed by atoms with Crippen LogP contribution in [0.2, 0.25) is 0 Å². The standard InChI is InChI=1S/C15H19F2N3/c16-10-8-12(17)14-13(9-10)20(15(18)19-14)11-6-4-2-1-3-5-7-11/h8-9,11H,1-7H2,(H2,18,19). The molecule has 0 radical (unpaired) electrons. The number of anilines is 1. The second-order valence-corrected chi connectivity index (χ2v) is 5.59. The second-order valence-electron chi connectivity index (χ2n) is 5.59. The number of hydrogen-bond donors (Lipinski definition) is 1. The van der Waals surface area contributed by atoms with E-state index in [1.54, 1.807) is 0 Å². The molecule has 0 aliphatic heterocycles. The Labute approximate surface area is 116 Å². The van der Waals surface area contributed by atoms with E-state index in [0.29, 0.717) is 5.52 Å². The highest BCUT2D eigenvalue weighted by Gasteiger charge is 2.21. The lowest BCUT2D eigenvalue weighted by molar-refractivity contribution is 0.381. The third-order valence-electron chi connectivity index (χ3n) is 4.18. The molecule has 2 N–H and O–H groups in total. The van der Waals surface area contributed by atoms with Crippen molar-refractivity contribution in [3.63, 3.8) is 0 Å². The molecule has 1 aromatic heterocycles. The van der Waals surface area contributed by atoms with Gasteiger partial charge in [0.1, 0.15) is 11.3 Å². The van der Waals surface area contributed by atoms with E-state index in [9.17, 15) is 8.78 Å². The van der Waals surface area contributed by atoms with Crippen LogP contribution in [-0.2, 0) is 0 Å². The summed E-state index contributed by atoms with van der Waals surface area (Å²) in [6, 6.07) is 2.39. The number of hydrogen-bond acceptors (Lipinski definition) is 2. The highest BCUT2D eigenvalue weighted by atomic mass is 19.1. The molecule has 3 nitrogen and oxygen atoms in total. The van der Waals surface area contributed by atoms with Crippen LogP contribution in [0.1, 0.15) is 51.0 Å². The van der Waals surface area contributed by atoms with Crippen LogP contribution >= 0.6 is 0 Å². The molecule has 1 fully saturated rings. The molecule has 1 saturated carbocycles. The minimum absolute atomic E-state index is 0.172. The van der Waals surface area contributed by atoms with Crippen molar-refractivity contribution in [2.75, 3.05) is 5.73 Å². The van der Waals surface area contributed by atoms with E-state index in [0.717, 1.165) is 31.7 Å². The molecule has 0 saturated heterocycles. The summed E-state index contributed by atoms with van der Waals surface area (Å²) < 4.78 is 29.1. The van der Waals surface area contributed by atoms with Gasteiger partial charge in [0.25, 0.3) is 0 Å². The fourth-order valence-electron chi connectivity index (χ4n) is 3.22. The zero-order valence-electron chi connectivity index (χ0n) is 11.4. The van der Waals surface area contributed by atoms with E-state index in [1.165, 1.54) is 25.3 Å². The normalized spacial score (nSPS) is 18.1. The minimum Gasteiger partial charge on any atom is -0.369 e. The Bertz CT molecular complexity index is 613. The first kappa shape index (κ1) is 13.3. The van der Waals surface area contributed by atoms with Gasteiger partial charge in [-0.1, -0.05) is 32.1 Å². The summed E-state index contributed by atoms with van der Waals surface area (Å²) in [7, 11) is 0. The monoisotopic (exact) mass is 279 g/mol. The van der Waals surface area contributed by atoms with Gasteiger partial charge in [-0.15, -0.1) is 0 Å². The molecular weight excluding hydrogens is 260 g/mol. The maximum atomic E-state index is 13.8. The molecule has 0 atom stereocenters. The second kappa shape index (κ2) is 5.38. The molecule has 0 unspecified atom stereocenters. The highest BCUT2D eigenvalue weighted by molar-refractivity contribution is 5.79. The van der Waals surface area contributed by atoms with Crippen LogP contribution in [-0.4, -0.2) is 9.55 Å². The largest absolute Gasteiger partial charge is 0.369 e. The van der Waals surface area contributed by atoms with Crippen LogP contribution < -0.4 is 5.73 Å². The molecule has 1 heterocycles. The van der Waals surface area contributed by atoms with Crippen LogP contribution in [0.4, 0.5) is 14.7 Å². The molecule has 3 rings (SSSR count). The Hall–Kier alpha value is -1.65. The quantitative estimate of drug-likeness (QED) is 0.851. The Kier molecular flexibility index (Phi) is 3.59. The van der Waals surface area contributed by atoms with E-state index in [4.69, 9.17) is 5.73 Å². The first-order valence-electron chi connectivity index (χ1n) is 7.29. The van der Waals surface area contributed by atoms with Crippen molar-refractivity contribution in [1.29, 1.82) is 0 Å². The summed E-state index contributed by atoms with van der Waals surface area (Å²) in [6.45, 7) is 0. The van der Waals surface area contributed by atoms with Gasteiger partial charge in [-0.3, -0.25) is 0 Å². The molecule has 1 aromatic carbocycles. The fraction of sp³-hybridized carbons (Fsp3) is 0.533. The van der Waals surface area contributed by atoms with Gasteiger partial charge < -0.3 is 10.3 Å². The van der Waals surface area contributed by atoms with E-state index in [1.807, 2.05) is 4.57 Å². The number of nitrogens with two attached hydrogens (primary N) is 1. The molecular formula is C15H19F2N3.